The quantitative estimate of drug-likeness (QED) is 0.384. The van der Waals surface area contributed by atoms with Crippen molar-refractivity contribution in [2.45, 2.75) is 32.7 Å². The molecule has 34 heavy (non-hydrogen) atoms. The molecule has 9 heteroatoms. The van der Waals surface area contributed by atoms with Gasteiger partial charge >= 0.3 is 0 Å². The molecule has 0 bridgehead atoms. The van der Waals surface area contributed by atoms with Crippen LogP contribution in [0.5, 0.6) is 0 Å². The Kier molecular flexibility index (Phi) is 6.03. The first-order valence-corrected chi connectivity index (χ1v) is 12.0. The molecule has 1 saturated heterocycles. The number of aromatic nitrogens is 2. The van der Waals surface area contributed by atoms with Crippen molar-refractivity contribution in [2.24, 2.45) is 5.92 Å². The minimum absolute atomic E-state index is 0.101. The van der Waals surface area contributed by atoms with Crippen molar-refractivity contribution < 1.29 is 18.0 Å². The van der Waals surface area contributed by atoms with E-state index in [0.29, 0.717) is 35.9 Å². The molecule has 4 aromatic rings. The lowest BCUT2D eigenvalue weighted by atomic mass is 9.90. The first-order valence-electron chi connectivity index (χ1n) is 11.2. The molecular formula is C25H24F2N4O2S. The molecule has 2 unspecified atom stereocenters. The van der Waals surface area contributed by atoms with Gasteiger partial charge < -0.3 is 14.6 Å². The van der Waals surface area contributed by atoms with Gasteiger partial charge in [-0.05, 0) is 55.5 Å². The van der Waals surface area contributed by atoms with Gasteiger partial charge in [0.2, 0.25) is 0 Å². The molecule has 1 fully saturated rings. The molecule has 1 amide bonds. The number of aryl methyl sites for hydroxylation is 1. The van der Waals surface area contributed by atoms with E-state index < -0.39 is 0 Å². The smallest absolute Gasteiger partial charge is 0.295 e. The van der Waals surface area contributed by atoms with Gasteiger partial charge in [-0.3, -0.25) is 4.79 Å². The molecule has 5 rings (SSSR count). The van der Waals surface area contributed by atoms with Crippen LogP contribution >= 0.6 is 11.3 Å². The Morgan fingerprint density at radius 2 is 1.94 bits per heavy atom. The summed E-state index contributed by atoms with van der Waals surface area (Å²) in [5, 5.41) is 3.97. The van der Waals surface area contributed by atoms with Crippen LogP contribution in [0.3, 0.4) is 0 Å². The topological polar surface area (TPSA) is 71.3 Å². The van der Waals surface area contributed by atoms with Crippen LogP contribution in [0.4, 0.5) is 14.8 Å². The number of amides is 1. The number of thiazole rings is 1. The summed E-state index contributed by atoms with van der Waals surface area (Å²) >= 11 is 1.43. The van der Waals surface area contributed by atoms with Gasteiger partial charge in [-0.25, -0.2) is 13.8 Å². The summed E-state index contributed by atoms with van der Waals surface area (Å²) in [7, 11) is 0. The van der Waals surface area contributed by atoms with E-state index in [1.165, 1.54) is 35.6 Å². The maximum absolute atomic E-state index is 13.7. The van der Waals surface area contributed by atoms with Crippen LogP contribution in [-0.2, 0) is 0 Å². The van der Waals surface area contributed by atoms with E-state index >= 15 is 0 Å². The molecule has 1 N–H and O–H groups in total. The number of halogens is 2. The predicted molar refractivity (Wildman–Crippen MR) is 128 cm³/mol. The first-order chi connectivity index (χ1) is 16.4. The predicted octanol–water partition coefficient (Wildman–Crippen LogP) is 5.89. The number of nitrogens with zero attached hydrogens (tertiary/aromatic N) is 3. The second-order valence-corrected chi connectivity index (χ2v) is 9.82. The molecule has 2 aromatic carbocycles. The van der Waals surface area contributed by atoms with Gasteiger partial charge in [0.15, 0.2) is 5.58 Å². The molecule has 3 heterocycles. The van der Waals surface area contributed by atoms with Gasteiger partial charge in [-0.2, -0.15) is 4.98 Å². The van der Waals surface area contributed by atoms with Crippen LogP contribution < -0.4 is 5.32 Å². The number of benzene rings is 2. The van der Waals surface area contributed by atoms with Crippen molar-refractivity contribution in [2.75, 3.05) is 18.4 Å². The number of rotatable bonds is 5. The van der Waals surface area contributed by atoms with E-state index in [-0.39, 0.29) is 29.5 Å². The maximum atomic E-state index is 13.7. The monoisotopic (exact) mass is 482 g/mol. The minimum Gasteiger partial charge on any atom is -0.423 e. The number of hydrogen-bond acceptors (Lipinski definition) is 6. The summed E-state index contributed by atoms with van der Waals surface area (Å²) in [5.41, 5.74) is 2.10. The summed E-state index contributed by atoms with van der Waals surface area (Å²) in [4.78, 5) is 25.2. The fourth-order valence-electron chi connectivity index (χ4n) is 4.48. The van der Waals surface area contributed by atoms with Crippen molar-refractivity contribution in [3.63, 3.8) is 0 Å². The second-order valence-electron chi connectivity index (χ2n) is 8.61. The SMILES string of the molecule is Cc1nc(C(=O)N2CCCC(C)C2CNc2nc3ccc(F)cc3o2)c(-c2ccc(F)cc2)s1. The molecule has 0 aliphatic carbocycles. The Morgan fingerprint density at radius 3 is 2.74 bits per heavy atom. The van der Waals surface area contributed by atoms with Crippen molar-refractivity contribution in [3.05, 3.63) is 64.8 Å². The number of piperidine rings is 1. The Hall–Kier alpha value is -3.33. The van der Waals surface area contributed by atoms with Crippen LogP contribution in [-0.4, -0.2) is 39.9 Å². The number of likely N-dealkylation sites (tertiary alicyclic amines) is 1. The molecule has 176 valence electrons. The van der Waals surface area contributed by atoms with Crippen molar-refractivity contribution in [1.82, 2.24) is 14.9 Å². The zero-order valence-electron chi connectivity index (χ0n) is 18.8. The Labute approximate surface area is 199 Å². The number of carbonyl (C=O) groups is 1. The molecule has 1 aliphatic rings. The number of fused-ring (bicyclic) bond motifs is 1. The lowest BCUT2D eigenvalue weighted by molar-refractivity contribution is 0.0534. The van der Waals surface area contributed by atoms with E-state index in [0.717, 1.165) is 28.3 Å². The van der Waals surface area contributed by atoms with Crippen LogP contribution in [0.2, 0.25) is 0 Å². The fraction of sp³-hybridized carbons (Fsp3) is 0.320. The number of oxazole rings is 1. The summed E-state index contributed by atoms with van der Waals surface area (Å²) in [5.74, 6) is -0.595. The molecule has 0 spiro atoms. The molecule has 2 atom stereocenters. The van der Waals surface area contributed by atoms with Crippen LogP contribution in [0.15, 0.2) is 46.9 Å². The number of nitrogens with one attached hydrogen (secondary N) is 1. The van der Waals surface area contributed by atoms with Crippen molar-refractivity contribution >= 4 is 34.4 Å². The Balaban J connectivity index is 1.39. The van der Waals surface area contributed by atoms with Gasteiger partial charge in [-0.1, -0.05) is 19.1 Å². The largest absolute Gasteiger partial charge is 0.423 e. The van der Waals surface area contributed by atoms with Crippen LogP contribution in [0.1, 0.15) is 35.3 Å². The third kappa shape index (κ3) is 4.40. The lowest BCUT2D eigenvalue weighted by Crippen LogP contribution is -2.51. The van der Waals surface area contributed by atoms with E-state index in [1.807, 2.05) is 11.8 Å². The van der Waals surface area contributed by atoms with Crippen LogP contribution in [0.25, 0.3) is 21.5 Å². The number of hydrogen-bond donors (Lipinski definition) is 1. The third-order valence-corrected chi connectivity index (χ3v) is 7.25. The van der Waals surface area contributed by atoms with Gasteiger partial charge in [0.1, 0.15) is 22.8 Å². The molecule has 1 aliphatic heterocycles. The lowest BCUT2D eigenvalue weighted by Gasteiger charge is -2.39. The van der Waals surface area contributed by atoms with Crippen molar-refractivity contribution in [1.29, 1.82) is 0 Å². The van der Waals surface area contributed by atoms with Gasteiger partial charge in [-0.15, -0.1) is 11.3 Å². The Bertz CT molecular complexity index is 1330. The van der Waals surface area contributed by atoms with Gasteiger partial charge in [0.05, 0.1) is 15.9 Å². The highest BCUT2D eigenvalue weighted by Crippen LogP contribution is 2.33. The average Bonchev–Trinajstić information content (AvgIpc) is 3.40. The van der Waals surface area contributed by atoms with E-state index in [2.05, 4.69) is 22.2 Å². The molecule has 2 aromatic heterocycles. The average molecular weight is 483 g/mol. The summed E-state index contributed by atoms with van der Waals surface area (Å²) < 4.78 is 32.6. The summed E-state index contributed by atoms with van der Waals surface area (Å²) in [6, 6.07) is 10.5. The number of anilines is 1. The standard InChI is InChI=1S/C25H24F2N4O2S/c1-14-4-3-11-31(20(14)13-28-25-30-19-10-9-18(27)12-21(19)33-25)24(32)22-23(34-15(2)29-22)16-5-7-17(26)8-6-16/h5-10,12,14,20H,3-4,11,13H2,1-2H3,(H,28,30). The molecular weight excluding hydrogens is 458 g/mol. The third-order valence-electron chi connectivity index (χ3n) is 6.23. The zero-order valence-corrected chi connectivity index (χ0v) is 19.7. The highest BCUT2D eigenvalue weighted by molar-refractivity contribution is 7.15. The highest BCUT2D eigenvalue weighted by atomic mass is 32.1. The highest BCUT2D eigenvalue weighted by Gasteiger charge is 2.34. The maximum Gasteiger partial charge on any atom is 0.295 e. The number of carbonyl (C=O) groups excluding carboxylic acids is 1. The second kappa shape index (κ2) is 9.13. The molecule has 0 radical (unpaired) electrons. The van der Waals surface area contributed by atoms with Gasteiger partial charge in [0.25, 0.3) is 11.9 Å². The van der Waals surface area contributed by atoms with E-state index in [9.17, 15) is 13.6 Å². The zero-order chi connectivity index (χ0) is 23.8. The normalized spacial score (nSPS) is 18.4. The summed E-state index contributed by atoms with van der Waals surface area (Å²) in [6.45, 7) is 5.05. The van der Waals surface area contributed by atoms with Crippen molar-refractivity contribution in [3.8, 4) is 10.4 Å². The van der Waals surface area contributed by atoms with E-state index in [4.69, 9.17) is 4.42 Å². The molecule has 6 nitrogen and oxygen atoms in total. The molecule has 0 saturated carbocycles. The van der Waals surface area contributed by atoms with Gasteiger partial charge in [0, 0.05) is 19.2 Å². The van der Waals surface area contributed by atoms with E-state index in [1.54, 1.807) is 18.2 Å². The minimum atomic E-state index is -0.386. The van der Waals surface area contributed by atoms with Crippen LogP contribution in [0, 0.1) is 24.5 Å². The summed E-state index contributed by atoms with van der Waals surface area (Å²) in [6.07, 6.45) is 1.90. The fourth-order valence-corrected chi connectivity index (χ4v) is 5.40. The first kappa shape index (κ1) is 22.5. The Morgan fingerprint density at radius 1 is 1.18 bits per heavy atom.